The van der Waals surface area contributed by atoms with E-state index < -0.39 is 13.6 Å². The Morgan fingerprint density at radius 3 is 1.24 bits per heavy atom. The van der Waals surface area contributed by atoms with Gasteiger partial charge in [0, 0.05) is 100 Å². The second-order valence-electron chi connectivity index (χ2n) is 38.9. The van der Waals surface area contributed by atoms with Gasteiger partial charge in [0.1, 0.15) is 0 Å². The summed E-state index contributed by atoms with van der Waals surface area (Å²) in [7, 11) is 0. The first-order valence-electron chi connectivity index (χ1n) is 45.8. The van der Waals surface area contributed by atoms with Crippen LogP contribution in [0.25, 0.3) is 157 Å². The Morgan fingerprint density at radius 2 is 0.724 bits per heavy atom. The molecule has 4 nitrogen and oxygen atoms in total. The molecule has 0 fully saturated rings. The summed E-state index contributed by atoms with van der Waals surface area (Å²) >= 11 is 3.53. The van der Waals surface area contributed by atoms with E-state index in [1.165, 1.54) is 22.3 Å². The molecule has 127 heavy (non-hydrogen) atoms. The van der Waals surface area contributed by atoms with Gasteiger partial charge >= 0.3 is 0 Å². The Bertz CT molecular complexity index is 7800. The van der Waals surface area contributed by atoms with Crippen molar-refractivity contribution < 1.29 is 4.11 Å². The summed E-state index contributed by atoms with van der Waals surface area (Å²) in [6.07, 6.45) is 0. The van der Waals surface area contributed by atoms with Crippen molar-refractivity contribution in [2.75, 3.05) is 9.80 Å². The normalized spacial score (nSPS) is 13.3. The van der Waals surface area contributed by atoms with Gasteiger partial charge in [-0.25, -0.2) is 0 Å². The summed E-state index contributed by atoms with van der Waals surface area (Å²) in [4.78, 5) is 5.29. The van der Waals surface area contributed by atoms with E-state index >= 15 is 0 Å². The molecule has 22 rings (SSSR count). The molecule has 7 heteroatoms. The lowest BCUT2D eigenvalue weighted by Gasteiger charge is -2.46. The van der Waals surface area contributed by atoms with Crippen molar-refractivity contribution in [2.24, 2.45) is 0 Å². The number of nitrogens with zero attached hydrogens (tertiary/aromatic N) is 4. The van der Waals surface area contributed by atoms with Gasteiger partial charge in [-0.15, -0.1) is 22.7 Å². The monoisotopic (exact) mass is 1670 g/mol. The average Bonchev–Trinajstić information content (AvgIpc) is 1.36. The average molecular weight is 1670 g/mol. The number of hydrogen-bond donors (Lipinski definition) is 0. The first-order chi connectivity index (χ1) is 62.6. The van der Waals surface area contributed by atoms with Crippen molar-refractivity contribution in [2.45, 2.75) is 112 Å². The molecule has 5 heterocycles. The number of anilines is 6. The zero-order chi connectivity index (χ0) is 89.3. The fourth-order valence-electron chi connectivity index (χ4n) is 20.1. The van der Waals surface area contributed by atoms with E-state index in [9.17, 15) is 9.37 Å². The summed E-state index contributed by atoms with van der Waals surface area (Å²) in [6, 6.07) is 133. The number of thiophene rings is 2. The van der Waals surface area contributed by atoms with Crippen LogP contribution in [0, 0.1) is 18.2 Å². The third-order valence-electron chi connectivity index (χ3n) is 26.6. The van der Waals surface area contributed by atoms with Crippen LogP contribution in [0.1, 0.15) is 121 Å². The minimum atomic E-state index is -2.58. The molecule has 0 radical (unpaired) electrons. The van der Waals surface area contributed by atoms with E-state index in [-0.39, 0.29) is 27.2 Å². The highest BCUT2D eigenvalue weighted by molar-refractivity contribution is 7.26. The molecular weight excluding hydrogens is 1570 g/mol. The summed E-state index contributed by atoms with van der Waals surface area (Å²) < 4.78 is 36.8. The molecule has 612 valence electrons. The van der Waals surface area contributed by atoms with Crippen LogP contribution in [0.5, 0.6) is 0 Å². The van der Waals surface area contributed by atoms with E-state index in [0.29, 0.717) is 5.56 Å². The molecule has 0 amide bonds. The van der Waals surface area contributed by atoms with E-state index in [1.807, 2.05) is 18.2 Å². The van der Waals surface area contributed by atoms with Crippen molar-refractivity contribution in [3.63, 3.8) is 0 Å². The molecule has 0 saturated carbocycles. The standard InChI is InChI=1S/C120H97BN4S2/c1-73-56-98(90-42-30-46-110-112(90)92-40-26-28-44-108(92)126-110)116(99(57-73)91-43-31-47-111-113(91)93-41-27-29-45-109(93)127-111)124-104-54-50-79(83-60-81(75-32-18-14-19-33-75)59-82(61-83)76-34-20-15-21-35-76)64-101(104)121-100-52-49-80(84-62-86(118(5,6)7)66-87(63-84)119(8,9)10)65-105(100)125(115-94(77-36-22-16-23-37-77)68-88(120(11,12)13)69-95(115)78-38-24-17-25-39-78)107-71-89(70-106(124)114(107)121)123-102-53-48-74(72-122)58-96(102)97-67-85(117(2,3)4)51-55-103(97)123/h14-71H,1-13H3/i1D3. The van der Waals surface area contributed by atoms with Gasteiger partial charge in [0.25, 0.3) is 6.71 Å². The van der Waals surface area contributed by atoms with Crippen LogP contribution in [-0.4, -0.2) is 11.3 Å². The third kappa shape index (κ3) is 13.4. The third-order valence-corrected chi connectivity index (χ3v) is 28.9. The number of rotatable bonds is 11. The predicted molar refractivity (Wildman–Crippen MR) is 548 cm³/mol. The topological polar surface area (TPSA) is 35.2 Å². The Morgan fingerprint density at radius 1 is 0.291 bits per heavy atom. The predicted octanol–water partition coefficient (Wildman–Crippen LogP) is 32.3. The number of fused-ring (bicyclic) bond motifs is 13. The Balaban J connectivity index is 0.978. The van der Waals surface area contributed by atoms with Gasteiger partial charge in [-0.3, -0.25) is 0 Å². The molecule has 17 aromatic carbocycles. The van der Waals surface area contributed by atoms with Gasteiger partial charge in [0.05, 0.1) is 39.7 Å². The molecule has 0 spiro atoms. The Kier molecular flexibility index (Phi) is 17.8. The van der Waals surface area contributed by atoms with Gasteiger partial charge in [-0.05, 0) is 261 Å². The molecule has 0 aliphatic carbocycles. The van der Waals surface area contributed by atoms with E-state index in [0.717, 1.165) is 207 Å². The van der Waals surface area contributed by atoms with E-state index in [4.69, 9.17) is 0 Å². The lowest BCUT2D eigenvalue weighted by Crippen LogP contribution is -2.61. The smallest absolute Gasteiger partial charge is 0.252 e. The SMILES string of the molecule is [2H]C([2H])([2H])c1cc(-c2cccc3sc4ccccc4c23)c(N2c3ccc(-c4cc(-c5ccccc5)cc(-c5ccccc5)c4)cc3B3c4ccc(-c5cc(C(C)(C)C)cc(C(C)(C)C)c5)cc4N(c4c(-c5ccccc5)cc(C(C)(C)C)cc4-c4ccccc4)c4cc(-n5c6ccc(C#N)cc6c6cc(C(C)(C)C)ccc65)cc2c43)c(-c2cccc3sc4ccccc4c23)c1. The lowest BCUT2D eigenvalue weighted by atomic mass is 9.33. The first kappa shape index (κ1) is 75.6. The number of hydrogen-bond acceptors (Lipinski definition) is 5. The highest BCUT2D eigenvalue weighted by Gasteiger charge is 2.47. The highest BCUT2D eigenvalue weighted by Crippen LogP contribution is 2.58. The van der Waals surface area contributed by atoms with Crippen molar-refractivity contribution in [1.82, 2.24) is 4.57 Å². The zero-order valence-electron chi connectivity index (χ0n) is 76.7. The van der Waals surface area contributed by atoms with Crippen molar-refractivity contribution in [3.05, 3.63) is 385 Å². The van der Waals surface area contributed by atoms with Crippen LogP contribution < -0.4 is 26.2 Å². The summed E-state index contributed by atoms with van der Waals surface area (Å²) in [5.74, 6) is 0. The number of benzene rings is 17. The number of aromatic nitrogens is 1. The quantitative estimate of drug-likeness (QED) is 0.121. The highest BCUT2D eigenvalue weighted by atomic mass is 32.1. The van der Waals surface area contributed by atoms with Crippen LogP contribution >= 0.6 is 22.7 Å². The van der Waals surface area contributed by atoms with Gasteiger partial charge < -0.3 is 14.4 Å². The van der Waals surface area contributed by atoms with E-state index in [1.54, 1.807) is 22.7 Å². The molecule has 2 aliphatic rings. The number of aryl methyl sites for hydroxylation is 1. The summed E-state index contributed by atoms with van der Waals surface area (Å²) in [6.45, 7) is 24.8. The van der Waals surface area contributed by atoms with Crippen molar-refractivity contribution in [3.8, 4) is 101 Å². The first-order valence-corrected chi connectivity index (χ1v) is 46.0. The second-order valence-corrected chi connectivity index (χ2v) is 41.1. The van der Waals surface area contributed by atoms with Crippen LogP contribution in [0.4, 0.5) is 34.1 Å². The maximum atomic E-state index is 11.1. The van der Waals surface area contributed by atoms with Gasteiger partial charge in [0.15, 0.2) is 0 Å². The van der Waals surface area contributed by atoms with Crippen molar-refractivity contribution >= 4 is 142 Å². The molecule has 2 aliphatic heterocycles. The zero-order valence-corrected chi connectivity index (χ0v) is 75.3. The van der Waals surface area contributed by atoms with Gasteiger partial charge in [0.2, 0.25) is 0 Å². The fourth-order valence-corrected chi connectivity index (χ4v) is 22.4. The molecule has 0 bridgehead atoms. The Labute approximate surface area is 757 Å². The molecule has 0 saturated heterocycles. The number of nitriles is 1. The summed E-state index contributed by atoms with van der Waals surface area (Å²) in [5.41, 5.74) is 33.0. The molecule has 20 aromatic rings. The largest absolute Gasteiger partial charge is 0.310 e. The van der Waals surface area contributed by atoms with Crippen LogP contribution in [0.15, 0.2) is 352 Å². The maximum absolute atomic E-state index is 11.1. The minimum Gasteiger partial charge on any atom is -0.310 e. The lowest BCUT2D eigenvalue weighted by molar-refractivity contribution is 0.569. The second kappa shape index (κ2) is 29.9. The Hall–Kier alpha value is -13.9. The van der Waals surface area contributed by atoms with Gasteiger partial charge in [-0.1, -0.05) is 314 Å². The maximum Gasteiger partial charge on any atom is 0.252 e. The summed E-state index contributed by atoms with van der Waals surface area (Å²) in [5, 5.41) is 17.4. The molecule has 0 N–H and O–H groups in total. The van der Waals surface area contributed by atoms with Crippen LogP contribution in [-0.2, 0) is 21.7 Å². The molecule has 0 unspecified atom stereocenters. The molecule has 3 aromatic heterocycles. The van der Waals surface area contributed by atoms with Crippen molar-refractivity contribution in [1.29, 1.82) is 5.26 Å². The molecule has 0 atom stereocenters. The van der Waals surface area contributed by atoms with Crippen LogP contribution in [0.3, 0.4) is 0 Å². The van der Waals surface area contributed by atoms with E-state index in [2.05, 4.69) is 437 Å². The minimum absolute atomic E-state index is 0.193. The van der Waals surface area contributed by atoms with Gasteiger partial charge in [-0.2, -0.15) is 5.26 Å². The fraction of sp³-hybridized carbons (Fsp3) is 0.142. The molecular formula is C120H97BN4S2. The van der Waals surface area contributed by atoms with Crippen LogP contribution in [0.2, 0.25) is 0 Å².